The third-order valence-corrected chi connectivity index (χ3v) is 3.94. The Kier molecular flexibility index (Phi) is 6.59. The van der Waals surface area contributed by atoms with Gasteiger partial charge in [-0.15, -0.1) is 11.8 Å². The summed E-state index contributed by atoms with van der Waals surface area (Å²) in [5.74, 6) is -1.39. The molecule has 7 heteroatoms. The van der Waals surface area contributed by atoms with Crippen LogP contribution < -0.4 is 4.74 Å². The molecule has 0 saturated carbocycles. The van der Waals surface area contributed by atoms with Gasteiger partial charge in [0, 0.05) is 11.8 Å². The molecular formula is C18H17NO5S. The molecule has 2 aromatic rings. The number of rotatable bonds is 5. The van der Waals surface area contributed by atoms with Crippen molar-refractivity contribution in [3.8, 4) is 5.75 Å². The quantitative estimate of drug-likeness (QED) is 0.167. The van der Waals surface area contributed by atoms with Gasteiger partial charge in [0.2, 0.25) is 5.90 Å². The van der Waals surface area contributed by atoms with Crippen LogP contribution >= 0.6 is 11.8 Å². The highest BCUT2D eigenvalue weighted by Gasteiger charge is 2.18. The Bertz CT molecular complexity index is 786. The molecule has 0 unspecified atom stereocenters. The first kappa shape index (κ1) is 18.5. The highest BCUT2D eigenvalue weighted by Crippen LogP contribution is 2.20. The number of nitrogens with zero attached hydrogens (tertiary/aromatic N) is 1. The molecule has 25 heavy (non-hydrogen) atoms. The van der Waals surface area contributed by atoms with E-state index in [0.717, 1.165) is 10.5 Å². The minimum absolute atomic E-state index is 0.0663. The van der Waals surface area contributed by atoms with Crippen LogP contribution in [0.5, 0.6) is 5.75 Å². The number of esters is 2. The number of hydrogen-bond acceptors (Lipinski definition) is 7. The number of hydrogen-bond donors (Lipinski definition) is 1. The van der Waals surface area contributed by atoms with Crippen molar-refractivity contribution < 1.29 is 24.3 Å². The van der Waals surface area contributed by atoms with E-state index >= 15 is 0 Å². The van der Waals surface area contributed by atoms with Crippen LogP contribution in [0.3, 0.4) is 0 Å². The largest absolute Gasteiger partial charge is 0.426 e. The average molecular weight is 359 g/mol. The van der Waals surface area contributed by atoms with Crippen molar-refractivity contribution in [1.29, 1.82) is 0 Å². The van der Waals surface area contributed by atoms with Gasteiger partial charge in [-0.25, -0.2) is 4.79 Å². The maximum Gasteiger partial charge on any atom is 0.348 e. The summed E-state index contributed by atoms with van der Waals surface area (Å²) < 4.78 is 10.1. The highest BCUT2D eigenvalue weighted by atomic mass is 32.2. The molecule has 0 aliphatic rings. The zero-order valence-electron chi connectivity index (χ0n) is 13.8. The number of para-hydroxylation sites is 1. The standard InChI is InChI=1S/C18H17NO5S/c1-12(20)23-16-6-4-3-5-15(16)18(21)24-17(19-22)11-13-7-9-14(25-2)10-8-13/h3-10,22H,11H2,1-2H3. The zero-order valence-corrected chi connectivity index (χ0v) is 14.6. The summed E-state index contributed by atoms with van der Waals surface area (Å²) in [6, 6.07) is 13.7. The fourth-order valence-corrected chi connectivity index (χ4v) is 2.46. The van der Waals surface area contributed by atoms with Crippen LogP contribution in [0.2, 0.25) is 0 Å². The zero-order chi connectivity index (χ0) is 18.2. The number of carbonyl (C=O) groups is 2. The smallest absolute Gasteiger partial charge is 0.348 e. The minimum Gasteiger partial charge on any atom is -0.426 e. The van der Waals surface area contributed by atoms with E-state index in [9.17, 15) is 9.59 Å². The lowest BCUT2D eigenvalue weighted by atomic mass is 10.1. The minimum atomic E-state index is -0.773. The van der Waals surface area contributed by atoms with Gasteiger partial charge in [-0.05, 0) is 36.1 Å². The Morgan fingerprint density at radius 3 is 2.40 bits per heavy atom. The van der Waals surface area contributed by atoms with E-state index in [2.05, 4.69) is 5.16 Å². The van der Waals surface area contributed by atoms with E-state index in [1.807, 2.05) is 30.5 Å². The molecule has 0 aliphatic heterocycles. The Morgan fingerprint density at radius 2 is 1.80 bits per heavy atom. The van der Waals surface area contributed by atoms with Gasteiger partial charge < -0.3 is 14.7 Å². The Balaban J connectivity index is 2.11. The van der Waals surface area contributed by atoms with E-state index in [0.29, 0.717) is 0 Å². The summed E-state index contributed by atoms with van der Waals surface area (Å²) >= 11 is 1.61. The number of carbonyl (C=O) groups excluding carboxylic acids is 2. The van der Waals surface area contributed by atoms with E-state index < -0.39 is 11.9 Å². The summed E-state index contributed by atoms with van der Waals surface area (Å²) in [5.41, 5.74) is 0.892. The molecule has 0 bridgehead atoms. The van der Waals surface area contributed by atoms with Gasteiger partial charge >= 0.3 is 11.9 Å². The van der Waals surface area contributed by atoms with Crippen molar-refractivity contribution in [2.75, 3.05) is 6.26 Å². The molecule has 2 aromatic carbocycles. The molecule has 0 aliphatic carbocycles. The summed E-state index contributed by atoms with van der Waals surface area (Å²) in [6.45, 7) is 1.24. The highest BCUT2D eigenvalue weighted by molar-refractivity contribution is 7.98. The van der Waals surface area contributed by atoms with Gasteiger partial charge in [0.05, 0.1) is 6.42 Å². The Labute approximate surface area is 149 Å². The van der Waals surface area contributed by atoms with Crippen LogP contribution in [0.1, 0.15) is 22.8 Å². The number of thioether (sulfide) groups is 1. The van der Waals surface area contributed by atoms with Crippen LogP contribution in [0, 0.1) is 0 Å². The fraction of sp³-hybridized carbons (Fsp3) is 0.167. The summed E-state index contributed by atoms with van der Waals surface area (Å²) in [6.07, 6.45) is 2.12. The second-order valence-electron chi connectivity index (χ2n) is 5.00. The lowest BCUT2D eigenvalue weighted by Crippen LogP contribution is -2.16. The van der Waals surface area contributed by atoms with Gasteiger partial charge in [-0.2, -0.15) is 0 Å². The van der Waals surface area contributed by atoms with Gasteiger partial charge in [-0.3, -0.25) is 4.79 Å². The van der Waals surface area contributed by atoms with E-state index in [1.165, 1.54) is 19.1 Å². The fourth-order valence-electron chi connectivity index (χ4n) is 2.05. The normalized spacial score (nSPS) is 11.0. The number of oxime groups is 1. The third kappa shape index (κ3) is 5.36. The summed E-state index contributed by atoms with van der Waals surface area (Å²) in [7, 11) is 0. The molecule has 0 spiro atoms. The lowest BCUT2D eigenvalue weighted by Gasteiger charge is -2.09. The summed E-state index contributed by atoms with van der Waals surface area (Å²) in [4.78, 5) is 24.5. The van der Waals surface area contributed by atoms with Crippen LogP contribution in [0.4, 0.5) is 0 Å². The molecule has 0 radical (unpaired) electrons. The van der Waals surface area contributed by atoms with Gasteiger partial charge in [0.15, 0.2) is 0 Å². The van der Waals surface area contributed by atoms with Crippen LogP contribution in [0.25, 0.3) is 0 Å². The van der Waals surface area contributed by atoms with Gasteiger partial charge in [0.1, 0.15) is 11.3 Å². The lowest BCUT2D eigenvalue weighted by molar-refractivity contribution is -0.131. The SMILES string of the molecule is CSc1ccc(CC(=NO)OC(=O)c2ccccc2OC(C)=O)cc1. The molecule has 6 nitrogen and oxygen atoms in total. The second-order valence-corrected chi connectivity index (χ2v) is 5.88. The molecule has 0 saturated heterocycles. The van der Waals surface area contributed by atoms with Crippen molar-refractivity contribution in [1.82, 2.24) is 0 Å². The van der Waals surface area contributed by atoms with E-state index in [-0.39, 0.29) is 23.6 Å². The predicted molar refractivity (Wildman–Crippen MR) is 94.3 cm³/mol. The molecule has 0 amide bonds. The van der Waals surface area contributed by atoms with E-state index in [1.54, 1.807) is 23.9 Å². The van der Waals surface area contributed by atoms with E-state index in [4.69, 9.17) is 14.7 Å². The average Bonchev–Trinajstić information content (AvgIpc) is 2.61. The maximum atomic E-state index is 12.3. The van der Waals surface area contributed by atoms with Crippen molar-refractivity contribution in [3.63, 3.8) is 0 Å². The first-order valence-corrected chi connectivity index (χ1v) is 8.59. The van der Waals surface area contributed by atoms with Gasteiger partial charge in [0.25, 0.3) is 0 Å². The second kappa shape index (κ2) is 8.89. The van der Waals surface area contributed by atoms with Crippen molar-refractivity contribution >= 4 is 29.6 Å². The molecule has 0 fully saturated rings. The Morgan fingerprint density at radius 1 is 1.12 bits per heavy atom. The van der Waals surface area contributed by atoms with Crippen LogP contribution in [0.15, 0.2) is 58.6 Å². The van der Waals surface area contributed by atoms with Crippen molar-refractivity contribution in [2.24, 2.45) is 5.16 Å². The third-order valence-electron chi connectivity index (χ3n) is 3.20. The predicted octanol–water partition coefficient (Wildman–Crippen LogP) is 3.52. The maximum absolute atomic E-state index is 12.3. The topological polar surface area (TPSA) is 85.2 Å². The first-order chi connectivity index (χ1) is 12.0. The van der Waals surface area contributed by atoms with Gasteiger partial charge in [-0.1, -0.05) is 29.4 Å². The number of benzene rings is 2. The molecule has 0 heterocycles. The molecule has 0 atom stereocenters. The molecular weight excluding hydrogens is 342 g/mol. The monoisotopic (exact) mass is 359 g/mol. The molecule has 0 aromatic heterocycles. The Hall–Kier alpha value is -2.80. The number of ether oxygens (including phenoxy) is 2. The molecule has 2 rings (SSSR count). The van der Waals surface area contributed by atoms with Crippen molar-refractivity contribution in [2.45, 2.75) is 18.2 Å². The first-order valence-electron chi connectivity index (χ1n) is 7.37. The van der Waals surface area contributed by atoms with Crippen molar-refractivity contribution in [3.05, 3.63) is 59.7 Å². The molecule has 130 valence electrons. The van der Waals surface area contributed by atoms with Crippen LogP contribution in [-0.4, -0.2) is 29.3 Å². The van der Waals surface area contributed by atoms with Crippen LogP contribution in [-0.2, 0) is 16.0 Å². The summed E-state index contributed by atoms with van der Waals surface area (Å²) in [5, 5.41) is 12.2. The molecule has 1 N–H and O–H groups in total.